The number of ether oxygens (including phenoxy) is 1. The predicted octanol–water partition coefficient (Wildman–Crippen LogP) is 2.81. The van der Waals surface area contributed by atoms with Crippen molar-refractivity contribution in [3.63, 3.8) is 0 Å². The lowest BCUT2D eigenvalue weighted by Crippen LogP contribution is -2.50. The van der Waals surface area contributed by atoms with Gasteiger partial charge in [0.2, 0.25) is 0 Å². The van der Waals surface area contributed by atoms with Gasteiger partial charge in [-0.2, -0.15) is 0 Å². The third kappa shape index (κ3) is 4.41. The predicted molar refractivity (Wildman–Crippen MR) is 98.1 cm³/mol. The van der Waals surface area contributed by atoms with Crippen LogP contribution in [0.15, 0.2) is 24.3 Å². The van der Waals surface area contributed by atoms with E-state index in [-0.39, 0.29) is 29.4 Å². The summed E-state index contributed by atoms with van der Waals surface area (Å²) in [5, 5.41) is 2.77. The first-order valence-corrected chi connectivity index (χ1v) is 10.7. The maximum Gasteiger partial charge on any atom is 0.263 e. The molecule has 1 aromatic carbocycles. The SMILES string of the molecule is CC(C)(Oc1ccc(C2CC2(Cl)Cl)cc1)C(=O)NC1CCS(=O)(=O)C1. The molecule has 1 heterocycles. The Morgan fingerprint density at radius 2 is 1.88 bits per heavy atom. The van der Waals surface area contributed by atoms with E-state index in [1.807, 2.05) is 12.1 Å². The van der Waals surface area contributed by atoms with E-state index in [9.17, 15) is 13.2 Å². The van der Waals surface area contributed by atoms with E-state index in [1.165, 1.54) is 0 Å². The topological polar surface area (TPSA) is 72.5 Å². The highest BCUT2D eigenvalue weighted by molar-refractivity contribution is 7.91. The average molecular weight is 406 g/mol. The first kappa shape index (κ1) is 18.8. The number of hydrogen-bond acceptors (Lipinski definition) is 4. The summed E-state index contributed by atoms with van der Waals surface area (Å²) in [5.41, 5.74) is -0.0772. The molecule has 1 aromatic rings. The van der Waals surface area contributed by atoms with E-state index in [4.69, 9.17) is 27.9 Å². The van der Waals surface area contributed by atoms with Crippen LogP contribution in [0.5, 0.6) is 5.75 Å². The van der Waals surface area contributed by atoms with Crippen LogP contribution in [0, 0.1) is 0 Å². The fourth-order valence-electron chi connectivity index (χ4n) is 2.95. The number of nitrogens with one attached hydrogen (secondary N) is 1. The van der Waals surface area contributed by atoms with Gasteiger partial charge in [0.1, 0.15) is 10.1 Å². The molecule has 3 rings (SSSR count). The number of rotatable bonds is 5. The molecule has 1 aliphatic heterocycles. The summed E-state index contributed by atoms with van der Waals surface area (Å²) in [6, 6.07) is 7.01. The summed E-state index contributed by atoms with van der Waals surface area (Å²) < 4.78 is 28.1. The van der Waals surface area contributed by atoms with Crippen molar-refractivity contribution in [2.24, 2.45) is 0 Å². The van der Waals surface area contributed by atoms with Crippen LogP contribution in [-0.2, 0) is 14.6 Å². The van der Waals surface area contributed by atoms with Crippen LogP contribution in [-0.4, -0.2) is 41.8 Å². The van der Waals surface area contributed by atoms with E-state index in [2.05, 4.69) is 5.32 Å². The molecule has 1 N–H and O–H groups in total. The molecule has 1 aliphatic carbocycles. The smallest absolute Gasteiger partial charge is 0.263 e. The van der Waals surface area contributed by atoms with Gasteiger partial charge in [-0.05, 0) is 44.4 Å². The third-order valence-corrected chi connectivity index (χ3v) is 7.20. The maximum absolute atomic E-state index is 12.4. The van der Waals surface area contributed by atoms with Crippen molar-refractivity contribution in [2.75, 3.05) is 11.5 Å². The van der Waals surface area contributed by atoms with E-state index in [1.54, 1.807) is 26.0 Å². The Hall–Kier alpha value is -0.980. The van der Waals surface area contributed by atoms with Crippen LogP contribution in [0.1, 0.15) is 38.2 Å². The van der Waals surface area contributed by atoms with Crippen LogP contribution in [0.3, 0.4) is 0 Å². The lowest BCUT2D eigenvalue weighted by molar-refractivity contribution is -0.134. The summed E-state index contributed by atoms with van der Waals surface area (Å²) in [6.07, 6.45) is 1.17. The quantitative estimate of drug-likeness (QED) is 0.764. The van der Waals surface area contributed by atoms with Gasteiger partial charge in [-0.25, -0.2) is 8.42 Å². The Morgan fingerprint density at radius 1 is 1.28 bits per heavy atom. The van der Waals surface area contributed by atoms with Crippen molar-refractivity contribution in [1.82, 2.24) is 5.32 Å². The fraction of sp³-hybridized carbons (Fsp3) is 0.588. The van der Waals surface area contributed by atoms with Crippen molar-refractivity contribution < 1.29 is 17.9 Å². The van der Waals surface area contributed by atoms with E-state index in [0.29, 0.717) is 12.2 Å². The first-order chi connectivity index (χ1) is 11.5. The number of carbonyl (C=O) groups is 1. The second-order valence-electron chi connectivity index (χ2n) is 7.27. The number of amides is 1. The second kappa shape index (κ2) is 6.32. The summed E-state index contributed by atoms with van der Waals surface area (Å²) in [7, 11) is -3.04. The monoisotopic (exact) mass is 405 g/mol. The lowest BCUT2D eigenvalue weighted by atomic mass is 10.1. The van der Waals surface area contributed by atoms with Crippen molar-refractivity contribution >= 4 is 38.9 Å². The molecule has 0 aromatic heterocycles. The van der Waals surface area contributed by atoms with Gasteiger partial charge in [0.15, 0.2) is 15.4 Å². The van der Waals surface area contributed by atoms with Crippen molar-refractivity contribution in [2.45, 2.75) is 48.6 Å². The minimum absolute atomic E-state index is 0.0104. The van der Waals surface area contributed by atoms with Gasteiger partial charge in [0.25, 0.3) is 5.91 Å². The molecule has 0 bridgehead atoms. The Morgan fingerprint density at radius 3 is 2.36 bits per heavy atom. The maximum atomic E-state index is 12.4. The number of halogens is 2. The zero-order valence-electron chi connectivity index (χ0n) is 14.1. The Kier molecular flexibility index (Phi) is 4.75. The van der Waals surface area contributed by atoms with E-state index in [0.717, 1.165) is 12.0 Å². The molecule has 138 valence electrons. The molecule has 2 atom stereocenters. The van der Waals surface area contributed by atoms with Crippen molar-refractivity contribution in [3.8, 4) is 5.75 Å². The zero-order valence-corrected chi connectivity index (χ0v) is 16.4. The second-order valence-corrected chi connectivity index (χ2v) is 11.0. The highest BCUT2D eigenvalue weighted by atomic mass is 35.5. The Labute approximate surface area is 157 Å². The average Bonchev–Trinajstić information content (AvgIpc) is 2.99. The normalized spacial score (nSPS) is 26.9. The largest absolute Gasteiger partial charge is 0.478 e. The van der Waals surface area contributed by atoms with E-state index >= 15 is 0 Å². The number of sulfone groups is 1. The molecule has 2 fully saturated rings. The van der Waals surface area contributed by atoms with Gasteiger partial charge in [0, 0.05) is 12.0 Å². The molecule has 1 saturated heterocycles. The van der Waals surface area contributed by atoms with Crippen LogP contribution >= 0.6 is 23.2 Å². The summed E-state index contributed by atoms with van der Waals surface area (Å²) in [6.45, 7) is 3.31. The first-order valence-electron chi connectivity index (χ1n) is 8.17. The zero-order chi connectivity index (χ0) is 18.5. The molecule has 0 spiro atoms. The van der Waals surface area contributed by atoms with Crippen LogP contribution in [0.25, 0.3) is 0 Å². The van der Waals surface area contributed by atoms with Crippen LogP contribution in [0.2, 0.25) is 0 Å². The van der Waals surface area contributed by atoms with Gasteiger partial charge < -0.3 is 10.1 Å². The van der Waals surface area contributed by atoms with Gasteiger partial charge in [-0.3, -0.25) is 4.79 Å². The minimum Gasteiger partial charge on any atom is -0.478 e. The van der Waals surface area contributed by atoms with Gasteiger partial charge >= 0.3 is 0 Å². The molecular weight excluding hydrogens is 385 g/mol. The highest BCUT2D eigenvalue weighted by Crippen LogP contribution is 2.59. The van der Waals surface area contributed by atoms with E-state index < -0.39 is 19.8 Å². The van der Waals surface area contributed by atoms with Crippen LogP contribution < -0.4 is 10.1 Å². The third-order valence-electron chi connectivity index (χ3n) is 4.60. The molecule has 2 aliphatic rings. The summed E-state index contributed by atoms with van der Waals surface area (Å²) in [5.74, 6) is 0.457. The molecule has 8 heteroatoms. The Bertz CT molecular complexity index is 774. The number of carbonyl (C=O) groups excluding carboxylic acids is 1. The highest BCUT2D eigenvalue weighted by Gasteiger charge is 2.52. The molecule has 2 unspecified atom stereocenters. The van der Waals surface area contributed by atoms with Gasteiger partial charge in [0.05, 0.1) is 11.5 Å². The van der Waals surface area contributed by atoms with Crippen molar-refractivity contribution in [3.05, 3.63) is 29.8 Å². The van der Waals surface area contributed by atoms with Gasteiger partial charge in [-0.1, -0.05) is 12.1 Å². The molecular formula is C17H21Cl2NO4S. The molecule has 25 heavy (non-hydrogen) atoms. The fourth-order valence-corrected chi connectivity index (χ4v) is 5.19. The Balaban J connectivity index is 1.60. The molecule has 0 radical (unpaired) electrons. The minimum atomic E-state index is -3.04. The van der Waals surface area contributed by atoms with Crippen molar-refractivity contribution in [1.29, 1.82) is 0 Å². The summed E-state index contributed by atoms with van der Waals surface area (Å²) >= 11 is 12.1. The number of hydrogen-bond donors (Lipinski definition) is 1. The number of alkyl halides is 2. The molecule has 1 amide bonds. The summed E-state index contributed by atoms with van der Waals surface area (Å²) in [4.78, 5) is 12.4. The molecule has 5 nitrogen and oxygen atoms in total. The number of benzene rings is 1. The molecule has 1 saturated carbocycles. The lowest BCUT2D eigenvalue weighted by Gasteiger charge is -2.27. The van der Waals surface area contributed by atoms with Crippen LogP contribution in [0.4, 0.5) is 0 Å². The van der Waals surface area contributed by atoms with Gasteiger partial charge in [-0.15, -0.1) is 23.2 Å². The standard InChI is InChI=1S/C17H21Cl2NO4S/c1-16(2,15(21)20-12-7-8-25(22,23)10-12)24-13-5-3-11(4-6-13)14-9-17(14,18)19/h3-6,12,14H,7-10H2,1-2H3,(H,20,21).